The van der Waals surface area contributed by atoms with E-state index in [0.29, 0.717) is 0 Å². The normalized spacial score (nSPS) is 18.9. The monoisotopic (exact) mass is 294 g/mol. The maximum Gasteiger partial charge on any atom is 0.522 e. The summed E-state index contributed by atoms with van der Waals surface area (Å²) in [4.78, 5) is 11.5. The molecule has 0 saturated carbocycles. The number of carbonyl (C=O) groups is 1. The van der Waals surface area contributed by atoms with Gasteiger partial charge in [-0.2, -0.15) is 5.10 Å². The molecular weight excluding hydrogens is 281 g/mol. The molecule has 2 heterocycles. The van der Waals surface area contributed by atoms with E-state index < -0.39 is 18.4 Å². The Morgan fingerprint density at radius 3 is 3.00 bits per heavy atom. The Morgan fingerprint density at radius 1 is 1.60 bits per heavy atom. The zero-order chi connectivity index (χ0) is 14.8. The smallest absolute Gasteiger partial charge is 0.475 e. The fraction of sp³-hybridized carbons (Fsp3) is 0.636. The van der Waals surface area contributed by atoms with Gasteiger partial charge in [-0.15, -0.1) is 13.2 Å². The second-order valence-corrected chi connectivity index (χ2v) is 4.10. The van der Waals surface area contributed by atoms with Crippen LogP contribution in [0.5, 0.6) is 5.88 Å². The molecule has 2 rings (SSSR count). The molecule has 1 atom stereocenters. The molecule has 112 valence electrons. The van der Waals surface area contributed by atoms with Crippen LogP contribution in [-0.2, 0) is 16.0 Å². The van der Waals surface area contributed by atoms with E-state index in [0.717, 1.165) is 0 Å². The molecule has 0 amide bonds. The maximum absolute atomic E-state index is 12.1. The maximum atomic E-state index is 12.1. The molecule has 1 aromatic heterocycles. The zero-order valence-electron chi connectivity index (χ0n) is 10.6. The van der Waals surface area contributed by atoms with Crippen molar-refractivity contribution < 1.29 is 32.2 Å². The zero-order valence-corrected chi connectivity index (χ0v) is 10.6. The SMILES string of the molecule is CCOC(=O)c1cc2n(n1)CCC(OC(F)(F)F)CO2. The van der Waals surface area contributed by atoms with Crippen molar-refractivity contribution in [2.75, 3.05) is 13.2 Å². The number of hydrogen-bond acceptors (Lipinski definition) is 5. The molecule has 9 heteroatoms. The number of fused-ring (bicyclic) bond motifs is 1. The van der Waals surface area contributed by atoms with Crippen LogP contribution in [0.4, 0.5) is 13.2 Å². The van der Waals surface area contributed by atoms with E-state index in [9.17, 15) is 18.0 Å². The molecule has 0 spiro atoms. The first-order valence-corrected chi connectivity index (χ1v) is 6.01. The van der Waals surface area contributed by atoms with Gasteiger partial charge in [0.15, 0.2) is 5.69 Å². The van der Waals surface area contributed by atoms with Crippen molar-refractivity contribution in [3.63, 3.8) is 0 Å². The van der Waals surface area contributed by atoms with Gasteiger partial charge in [0.25, 0.3) is 0 Å². The predicted molar refractivity (Wildman–Crippen MR) is 59.2 cm³/mol. The van der Waals surface area contributed by atoms with E-state index in [-0.39, 0.29) is 37.8 Å². The highest BCUT2D eigenvalue weighted by molar-refractivity contribution is 5.87. The van der Waals surface area contributed by atoms with E-state index in [1.54, 1.807) is 6.92 Å². The topological polar surface area (TPSA) is 62.6 Å². The third-order valence-electron chi connectivity index (χ3n) is 2.61. The second-order valence-electron chi connectivity index (χ2n) is 4.10. The molecule has 0 radical (unpaired) electrons. The van der Waals surface area contributed by atoms with Gasteiger partial charge >= 0.3 is 12.3 Å². The first-order chi connectivity index (χ1) is 9.39. The van der Waals surface area contributed by atoms with Crippen molar-refractivity contribution in [1.29, 1.82) is 0 Å². The third kappa shape index (κ3) is 3.62. The lowest BCUT2D eigenvalue weighted by atomic mass is 10.3. The third-order valence-corrected chi connectivity index (χ3v) is 2.61. The molecule has 1 aliphatic heterocycles. The highest BCUT2D eigenvalue weighted by Crippen LogP contribution is 2.25. The minimum atomic E-state index is -4.70. The number of ether oxygens (including phenoxy) is 3. The Balaban J connectivity index is 2.02. The first kappa shape index (κ1) is 14.6. The summed E-state index contributed by atoms with van der Waals surface area (Å²) in [5, 5.41) is 3.94. The number of aromatic nitrogens is 2. The van der Waals surface area contributed by atoms with Gasteiger partial charge in [-0.05, 0) is 13.3 Å². The van der Waals surface area contributed by atoms with Gasteiger partial charge in [-0.1, -0.05) is 0 Å². The average molecular weight is 294 g/mol. The van der Waals surface area contributed by atoms with Gasteiger partial charge < -0.3 is 9.47 Å². The predicted octanol–water partition coefficient (Wildman–Crippen LogP) is 1.75. The number of rotatable bonds is 3. The van der Waals surface area contributed by atoms with Crippen LogP contribution in [0.1, 0.15) is 23.8 Å². The van der Waals surface area contributed by atoms with Crippen LogP contribution in [0.2, 0.25) is 0 Å². The summed E-state index contributed by atoms with van der Waals surface area (Å²) < 4.78 is 51.6. The molecule has 0 bridgehead atoms. The fourth-order valence-electron chi connectivity index (χ4n) is 1.79. The fourth-order valence-corrected chi connectivity index (χ4v) is 1.79. The van der Waals surface area contributed by atoms with Crippen LogP contribution in [0, 0.1) is 0 Å². The molecule has 6 nitrogen and oxygen atoms in total. The molecule has 0 saturated heterocycles. The van der Waals surface area contributed by atoms with E-state index in [1.807, 2.05) is 0 Å². The first-order valence-electron chi connectivity index (χ1n) is 6.01. The number of nitrogens with zero attached hydrogens (tertiary/aromatic N) is 2. The van der Waals surface area contributed by atoms with Crippen molar-refractivity contribution in [2.24, 2.45) is 0 Å². The van der Waals surface area contributed by atoms with Crippen LogP contribution in [-0.4, -0.2) is 41.4 Å². The van der Waals surface area contributed by atoms with Gasteiger partial charge in [0.1, 0.15) is 12.7 Å². The van der Waals surface area contributed by atoms with Gasteiger partial charge in [0.05, 0.1) is 6.61 Å². The number of aryl methyl sites for hydroxylation is 1. The standard InChI is InChI=1S/C11H13F3N2O4/c1-2-18-10(17)8-5-9-16(15-8)4-3-7(6-19-9)20-11(12,13)14/h5,7H,2-4,6H2,1H3. The van der Waals surface area contributed by atoms with Crippen LogP contribution in [0.25, 0.3) is 0 Å². The lowest BCUT2D eigenvalue weighted by Crippen LogP contribution is -2.28. The average Bonchev–Trinajstić information content (AvgIpc) is 2.67. The molecule has 1 aliphatic rings. The van der Waals surface area contributed by atoms with Gasteiger partial charge in [0, 0.05) is 12.6 Å². The van der Waals surface area contributed by atoms with E-state index in [4.69, 9.17) is 9.47 Å². The summed E-state index contributed by atoms with van der Waals surface area (Å²) in [6.07, 6.45) is -5.71. The summed E-state index contributed by atoms with van der Waals surface area (Å²) >= 11 is 0. The number of halogens is 3. The minimum absolute atomic E-state index is 0.0667. The molecule has 1 aromatic rings. The van der Waals surface area contributed by atoms with Crippen molar-refractivity contribution in [3.8, 4) is 5.88 Å². The molecule has 0 aromatic carbocycles. The van der Waals surface area contributed by atoms with Crippen LogP contribution in [0.15, 0.2) is 6.07 Å². The Hall–Kier alpha value is -1.77. The Kier molecular flexibility index (Phi) is 4.17. The Bertz CT molecular complexity index is 461. The van der Waals surface area contributed by atoms with Crippen LogP contribution < -0.4 is 4.74 Å². The molecule has 0 aliphatic carbocycles. The van der Waals surface area contributed by atoms with Gasteiger partial charge in [0.2, 0.25) is 5.88 Å². The van der Waals surface area contributed by atoms with Crippen molar-refractivity contribution in [2.45, 2.75) is 32.4 Å². The summed E-state index contributed by atoms with van der Waals surface area (Å²) in [5.74, 6) is -0.374. The minimum Gasteiger partial charge on any atom is -0.475 e. The quantitative estimate of drug-likeness (QED) is 0.795. The summed E-state index contributed by atoms with van der Waals surface area (Å²) in [5.41, 5.74) is 0.0667. The number of alkyl halides is 3. The molecular formula is C11H13F3N2O4. The summed E-state index contributed by atoms with van der Waals surface area (Å²) in [6, 6.07) is 1.34. The molecule has 0 N–H and O–H groups in total. The lowest BCUT2D eigenvalue weighted by Gasteiger charge is -2.16. The van der Waals surface area contributed by atoms with E-state index >= 15 is 0 Å². The number of hydrogen-bond donors (Lipinski definition) is 0. The second kappa shape index (κ2) is 5.70. The van der Waals surface area contributed by atoms with Crippen molar-refractivity contribution in [1.82, 2.24) is 9.78 Å². The van der Waals surface area contributed by atoms with E-state index in [2.05, 4.69) is 9.84 Å². The van der Waals surface area contributed by atoms with Crippen LogP contribution >= 0.6 is 0 Å². The highest BCUT2D eigenvalue weighted by atomic mass is 19.4. The Morgan fingerprint density at radius 2 is 2.35 bits per heavy atom. The van der Waals surface area contributed by atoms with Crippen LogP contribution in [0.3, 0.4) is 0 Å². The van der Waals surface area contributed by atoms with Gasteiger partial charge in [-0.3, -0.25) is 4.74 Å². The lowest BCUT2D eigenvalue weighted by molar-refractivity contribution is -0.345. The number of esters is 1. The molecule has 0 fully saturated rings. The molecule has 20 heavy (non-hydrogen) atoms. The van der Waals surface area contributed by atoms with E-state index in [1.165, 1.54) is 10.7 Å². The Labute approximate surface area is 112 Å². The largest absolute Gasteiger partial charge is 0.522 e. The summed E-state index contributed by atoms with van der Waals surface area (Å²) in [7, 11) is 0. The molecule has 1 unspecified atom stereocenters. The van der Waals surface area contributed by atoms with Crippen molar-refractivity contribution >= 4 is 5.97 Å². The highest BCUT2D eigenvalue weighted by Gasteiger charge is 2.35. The summed E-state index contributed by atoms with van der Waals surface area (Å²) in [6.45, 7) is 1.78. The van der Waals surface area contributed by atoms with Crippen molar-refractivity contribution in [3.05, 3.63) is 11.8 Å². The van der Waals surface area contributed by atoms with Gasteiger partial charge in [-0.25, -0.2) is 9.48 Å². The number of carbonyl (C=O) groups excluding carboxylic acids is 1.